The number of nitrogens with two attached hydrogens (primary N) is 1. The maximum atomic E-state index is 5.80. The normalized spacial score (nSPS) is 22.5. The summed E-state index contributed by atoms with van der Waals surface area (Å²) in [5.74, 6) is 1.30. The topological polar surface area (TPSA) is 43.8 Å². The molecule has 1 fully saturated rings. The maximum absolute atomic E-state index is 5.80. The van der Waals surface area contributed by atoms with E-state index in [1.165, 1.54) is 37.2 Å². The van der Waals surface area contributed by atoms with Crippen molar-refractivity contribution in [1.82, 2.24) is 9.55 Å². The third-order valence-electron chi connectivity index (χ3n) is 3.90. The van der Waals surface area contributed by atoms with E-state index >= 15 is 0 Å². The van der Waals surface area contributed by atoms with Crippen LogP contribution in [0, 0.1) is 5.41 Å². The molecule has 82 valence electrons. The van der Waals surface area contributed by atoms with Crippen LogP contribution in [0.15, 0.2) is 6.20 Å². The number of nitrogens with zero attached hydrogens (tertiary/aromatic N) is 2. The number of imidazole rings is 1. The average molecular weight is 205 g/mol. The molecular weight excluding hydrogens is 186 g/mol. The molecule has 0 radical (unpaired) electrons. The van der Waals surface area contributed by atoms with Crippen molar-refractivity contribution in [3.63, 3.8) is 0 Å². The van der Waals surface area contributed by atoms with Crippen molar-refractivity contribution in [2.75, 3.05) is 6.54 Å². The highest BCUT2D eigenvalue weighted by atomic mass is 15.1. The molecule has 1 aromatic rings. The van der Waals surface area contributed by atoms with E-state index in [1.807, 2.05) is 0 Å². The summed E-state index contributed by atoms with van der Waals surface area (Å²) in [6, 6.07) is 0. The minimum atomic E-state index is 0.421. The number of aromatic nitrogens is 2. The summed E-state index contributed by atoms with van der Waals surface area (Å²) in [6.45, 7) is 1.99. The van der Waals surface area contributed by atoms with Gasteiger partial charge in [0, 0.05) is 19.2 Å². The smallest absolute Gasteiger partial charge is 0.108 e. The lowest BCUT2D eigenvalue weighted by atomic mass is 10.0. The summed E-state index contributed by atoms with van der Waals surface area (Å²) in [7, 11) is 0. The molecule has 0 amide bonds. The van der Waals surface area contributed by atoms with Crippen LogP contribution in [0.4, 0.5) is 0 Å². The highest BCUT2D eigenvalue weighted by Gasteiger charge is 2.41. The van der Waals surface area contributed by atoms with E-state index in [9.17, 15) is 0 Å². The lowest BCUT2D eigenvalue weighted by molar-refractivity contribution is 0.514. The molecular formula is C12H19N3. The average Bonchev–Trinajstić information content (AvgIpc) is 2.91. The van der Waals surface area contributed by atoms with Gasteiger partial charge in [-0.05, 0) is 44.1 Å². The number of aryl methyl sites for hydroxylation is 2. The molecule has 0 saturated heterocycles. The first kappa shape index (κ1) is 9.40. The lowest BCUT2D eigenvalue weighted by Crippen LogP contribution is -2.18. The van der Waals surface area contributed by atoms with Crippen molar-refractivity contribution in [3.8, 4) is 0 Å². The van der Waals surface area contributed by atoms with E-state index in [4.69, 9.17) is 10.7 Å². The molecule has 1 aromatic heterocycles. The summed E-state index contributed by atoms with van der Waals surface area (Å²) < 4.78 is 2.34. The van der Waals surface area contributed by atoms with Crippen LogP contribution in [0.1, 0.15) is 37.2 Å². The van der Waals surface area contributed by atoms with Crippen LogP contribution in [0.2, 0.25) is 0 Å². The van der Waals surface area contributed by atoms with Crippen LogP contribution in [-0.2, 0) is 19.4 Å². The van der Waals surface area contributed by atoms with Gasteiger partial charge in [0.05, 0.1) is 5.69 Å². The Balaban J connectivity index is 1.78. The fourth-order valence-corrected chi connectivity index (χ4v) is 2.57. The quantitative estimate of drug-likeness (QED) is 0.812. The molecule has 1 aliphatic carbocycles. The van der Waals surface area contributed by atoms with E-state index in [-0.39, 0.29) is 0 Å². The van der Waals surface area contributed by atoms with Crippen LogP contribution in [0.25, 0.3) is 0 Å². The summed E-state index contributed by atoms with van der Waals surface area (Å²) in [5, 5.41) is 0. The zero-order valence-electron chi connectivity index (χ0n) is 9.21. The highest BCUT2D eigenvalue weighted by Crippen LogP contribution is 2.47. The van der Waals surface area contributed by atoms with Gasteiger partial charge in [0.2, 0.25) is 0 Å². The van der Waals surface area contributed by atoms with Crippen molar-refractivity contribution in [1.29, 1.82) is 0 Å². The van der Waals surface area contributed by atoms with Gasteiger partial charge in [-0.1, -0.05) is 0 Å². The Labute approximate surface area is 90.7 Å². The van der Waals surface area contributed by atoms with E-state index in [1.54, 1.807) is 0 Å². The van der Waals surface area contributed by atoms with Gasteiger partial charge in [-0.15, -0.1) is 0 Å². The number of rotatable bonds is 3. The Bertz CT molecular complexity index is 339. The molecule has 3 rings (SSSR count). The standard InChI is InChI=1S/C12H19N3/c13-9-12(4-5-12)7-10-8-15-6-2-1-3-11(15)14-10/h8H,1-7,9,13H2. The number of hydrogen-bond donors (Lipinski definition) is 1. The Morgan fingerprint density at radius 1 is 1.40 bits per heavy atom. The van der Waals surface area contributed by atoms with Gasteiger partial charge >= 0.3 is 0 Å². The fraction of sp³-hybridized carbons (Fsp3) is 0.750. The Hall–Kier alpha value is -0.830. The second-order valence-electron chi connectivity index (χ2n) is 5.18. The van der Waals surface area contributed by atoms with Crippen molar-refractivity contribution in [2.24, 2.45) is 11.1 Å². The maximum Gasteiger partial charge on any atom is 0.108 e. The van der Waals surface area contributed by atoms with Crippen LogP contribution < -0.4 is 5.73 Å². The second kappa shape index (κ2) is 3.34. The molecule has 2 N–H and O–H groups in total. The Morgan fingerprint density at radius 3 is 2.93 bits per heavy atom. The minimum Gasteiger partial charge on any atom is -0.335 e. The largest absolute Gasteiger partial charge is 0.335 e. The fourth-order valence-electron chi connectivity index (χ4n) is 2.57. The van der Waals surface area contributed by atoms with Crippen molar-refractivity contribution < 1.29 is 0 Å². The second-order valence-corrected chi connectivity index (χ2v) is 5.18. The van der Waals surface area contributed by atoms with E-state index in [0.29, 0.717) is 5.41 Å². The molecule has 0 spiro atoms. The zero-order valence-corrected chi connectivity index (χ0v) is 9.21. The Morgan fingerprint density at radius 2 is 2.27 bits per heavy atom. The molecule has 2 aliphatic rings. The molecule has 0 aromatic carbocycles. The molecule has 3 nitrogen and oxygen atoms in total. The Kier molecular flexibility index (Phi) is 2.09. The lowest BCUT2D eigenvalue weighted by Gasteiger charge is -2.11. The van der Waals surface area contributed by atoms with Gasteiger partial charge in [0.25, 0.3) is 0 Å². The SMILES string of the molecule is NCC1(Cc2cn3c(n2)CCCC3)CC1. The molecule has 15 heavy (non-hydrogen) atoms. The van der Waals surface area contributed by atoms with Crippen LogP contribution in [0.3, 0.4) is 0 Å². The minimum absolute atomic E-state index is 0.421. The third-order valence-corrected chi connectivity index (χ3v) is 3.90. The van der Waals surface area contributed by atoms with E-state index in [2.05, 4.69) is 10.8 Å². The molecule has 2 heterocycles. The summed E-state index contributed by atoms with van der Waals surface area (Å²) in [6.07, 6.45) is 9.73. The highest BCUT2D eigenvalue weighted by molar-refractivity contribution is 5.12. The predicted molar refractivity (Wildman–Crippen MR) is 59.6 cm³/mol. The number of hydrogen-bond acceptors (Lipinski definition) is 2. The summed E-state index contributed by atoms with van der Waals surface area (Å²) in [5.41, 5.74) is 7.50. The predicted octanol–water partition coefficient (Wildman–Crippen LogP) is 1.50. The zero-order chi connectivity index (χ0) is 10.3. The first-order valence-electron chi connectivity index (χ1n) is 6.06. The summed E-state index contributed by atoms with van der Waals surface area (Å²) >= 11 is 0. The molecule has 1 saturated carbocycles. The van der Waals surface area contributed by atoms with Gasteiger partial charge in [-0.3, -0.25) is 0 Å². The van der Waals surface area contributed by atoms with Gasteiger partial charge in [0.1, 0.15) is 5.82 Å². The van der Waals surface area contributed by atoms with Crippen LogP contribution in [-0.4, -0.2) is 16.1 Å². The first-order chi connectivity index (χ1) is 7.31. The van der Waals surface area contributed by atoms with Gasteiger partial charge in [-0.25, -0.2) is 4.98 Å². The van der Waals surface area contributed by atoms with Gasteiger partial charge in [-0.2, -0.15) is 0 Å². The van der Waals surface area contributed by atoms with Crippen LogP contribution >= 0.6 is 0 Å². The summed E-state index contributed by atoms with van der Waals surface area (Å²) in [4.78, 5) is 4.73. The van der Waals surface area contributed by atoms with Crippen molar-refractivity contribution in [3.05, 3.63) is 17.7 Å². The van der Waals surface area contributed by atoms with Gasteiger partial charge < -0.3 is 10.3 Å². The third kappa shape index (κ3) is 1.69. The molecule has 3 heteroatoms. The van der Waals surface area contributed by atoms with Gasteiger partial charge in [0.15, 0.2) is 0 Å². The molecule has 0 unspecified atom stereocenters. The van der Waals surface area contributed by atoms with Crippen LogP contribution in [0.5, 0.6) is 0 Å². The van der Waals surface area contributed by atoms with E-state index in [0.717, 1.165) is 25.9 Å². The molecule has 0 atom stereocenters. The number of fused-ring (bicyclic) bond motifs is 1. The van der Waals surface area contributed by atoms with Crippen molar-refractivity contribution >= 4 is 0 Å². The first-order valence-corrected chi connectivity index (χ1v) is 6.06. The monoisotopic (exact) mass is 205 g/mol. The van der Waals surface area contributed by atoms with E-state index < -0.39 is 0 Å². The molecule has 0 bridgehead atoms. The molecule has 1 aliphatic heterocycles. The van der Waals surface area contributed by atoms with Crippen molar-refractivity contribution in [2.45, 2.75) is 45.1 Å².